The second-order valence-electron chi connectivity index (χ2n) is 1.24. The minimum atomic E-state index is -0.940. The minimum absolute atomic E-state index is 0.472. The molecule has 0 aromatic heterocycles. The van der Waals surface area contributed by atoms with Crippen molar-refractivity contribution in [2.24, 2.45) is 0 Å². The van der Waals surface area contributed by atoms with Gasteiger partial charge in [-0.1, -0.05) is 0 Å². The number of hydrogen-bond donors (Lipinski definition) is 1. The summed E-state index contributed by atoms with van der Waals surface area (Å²) in [5, 5.41) is 11.6. The summed E-state index contributed by atoms with van der Waals surface area (Å²) < 4.78 is 0. The Labute approximate surface area is 42.3 Å². The number of hydrogen-bond acceptors (Lipinski definition) is 2. The number of amides is 1. The number of aliphatic hydroxyl groups excluding tert-OH is 1. The van der Waals surface area contributed by atoms with E-state index in [9.17, 15) is 4.79 Å². The SMILES string of the molecule is C[N]C(=O)C(C)O. The summed E-state index contributed by atoms with van der Waals surface area (Å²) in [4.78, 5) is 10.1. The Morgan fingerprint density at radius 1 is 1.86 bits per heavy atom. The van der Waals surface area contributed by atoms with Gasteiger partial charge in [0.1, 0.15) is 6.10 Å². The van der Waals surface area contributed by atoms with Crippen LogP contribution in [0.2, 0.25) is 0 Å². The highest BCUT2D eigenvalue weighted by atomic mass is 16.3. The molecule has 0 saturated heterocycles. The van der Waals surface area contributed by atoms with E-state index >= 15 is 0 Å². The highest BCUT2D eigenvalue weighted by Gasteiger charge is 2.04. The summed E-state index contributed by atoms with van der Waals surface area (Å²) in [6.07, 6.45) is -0.940. The summed E-state index contributed by atoms with van der Waals surface area (Å²) in [6, 6.07) is 0. The lowest BCUT2D eigenvalue weighted by Crippen LogP contribution is -2.23. The maximum absolute atomic E-state index is 10.1. The van der Waals surface area contributed by atoms with Crippen molar-refractivity contribution in [3.05, 3.63) is 0 Å². The Morgan fingerprint density at radius 2 is 2.29 bits per heavy atom. The molecule has 0 bridgehead atoms. The highest BCUT2D eigenvalue weighted by Crippen LogP contribution is 1.75. The van der Waals surface area contributed by atoms with E-state index in [1.54, 1.807) is 0 Å². The molecule has 1 N–H and O–H groups in total. The normalized spacial score (nSPS) is 13.0. The topological polar surface area (TPSA) is 51.4 Å². The van der Waals surface area contributed by atoms with Crippen LogP contribution in [0.25, 0.3) is 0 Å². The lowest BCUT2D eigenvalue weighted by molar-refractivity contribution is -0.128. The molecule has 0 aliphatic heterocycles. The van der Waals surface area contributed by atoms with Gasteiger partial charge in [0, 0.05) is 7.05 Å². The van der Waals surface area contributed by atoms with E-state index in [0.717, 1.165) is 0 Å². The summed E-state index contributed by atoms with van der Waals surface area (Å²) in [5.74, 6) is -0.472. The molecule has 1 unspecified atom stereocenters. The van der Waals surface area contributed by atoms with Crippen molar-refractivity contribution in [1.29, 1.82) is 0 Å². The zero-order chi connectivity index (χ0) is 5.86. The van der Waals surface area contributed by atoms with Gasteiger partial charge in [-0.05, 0) is 6.92 Å². The number of rotatable bonds is 1. The maximum Gasteiger partial charge on any atom is 0.269 e. The van der Waals surface area contributed by atoms with Crippen molar-refractivity contribution in [3.8, 4) is 0 Å². The molecule has 3 heteroatoms. The zero-order valence-electron chi connectivity index (χ0n) is 4.38. The van der Waals surface area contributed by atoms with Crippen molar-refractivity contribution < 1.29 is 9.90 Å². The van der Waals surface area contributed by atoms with Crippen LogP contribution in [0.1, 0.15) is 6.92 Å². The van der Waals surface area contributed by atoms with Crippen LogP contribution in [0.4, 0.5) is 0 Å². The first kappa shape index (κ1) is 6.43. The quantitative estimate of drug-likeness (QED) is 0.467. The monoisotopic (exact) mass is 102 g/mol. The zero-order valence-corrected chi connectivity index (χ0v) is 4.38. The molecule has 0 aliphatic rings. The summed E-state index contributed by atoms with van der Waals surface area (Å²) in [7, 11) is 1.36. The van der Waals surface area contributed by atoms with Gasteiger partial charge in [-0.2, -0.15) is 0 Å². The van der Waals surface area contributed by atoms with Crippen LogP contribution in [0, 0.1) is 0 Å². The predicted molar refractivity (Wildman–Crippen MR) is 24.7 cm³/mol. The second-order valence-corrected chi connectivity index (χ2v) is 1.24. The lowest BCUT2D eigenvalue weighted by atomic mass is 10.4. The van der Waals surface area contributed by atoms with Gasteiger partial charge in [-0.3, -0.25) is 10.1 Å². The standard InChI is InChI=1S/C4H8NO2/c1-3(6)4(7)5-2/h3,6H,1-2H3. The van der Waals surface area contributed by atoms with Crippen molar-refractivity contribution >= 4 is 5.91 Å². The van der Waals surface area contributed by atoms with Crippen molar-refractivity contribution in [3.63, 3.8) is 0 Å². The van der Waals surface area contributed by atoms with E-state index in [0.29, 0.717) is 0 Å². The van der Waals surface area contributed by atoms with Gasteiger partial charge < -0.3 is 5.11 Å². The highest BCUT2D eigenvalue weighted by molar-refractivity contribution is 5.79. The average molecular weight is 102 g/mol. The fraction of sp³-hybridized carbons (Fsp3) is 0.750. The Balaban J connectivity index is 3.35. The number of nitrogens with zero attached hydrogens (tertiary/aromatic N) is 1. The van der Waals surface area contributed by atoms with Crippen LogP contribution in [0.5, 0.6) is 0 Å². The largest absolute Gasteiger partial charge is 0.383 e. The van der Waals surface area contributed by atoms with Crippen LogP contribution >= 0.6 is 0 Å². The average Bonchev–Trinajstić information content (AvgIpc) is 1.65. The van der Waals surface area contributed by atoms with E-state index < -0.39 is 12.0 Å². The van der Waals surface area contributed by atoms with E-state index in [-0.39, 0.29) is 0 Å². The molecule has 0 aromatic rings. The van der Waals surface area contributed by atoms with Crippen molar-refractivity contribution in [1.82, 2.24) is 5.32 Å². The smallest absolute Gasteiger partial charge is 0.269 e. The first-order valence-electron chi connectivity index (χ1n) is 2.00. The van der Waals surface area contributed by atoms with Crippen LogP contribution < -0.4 is 5.32 Å². The van der Waals surface area contributed by atoms with E-state index in [2.05, 4.69) is 5.32 Å². The molecule has 0 rings (SSSR count). The molecule has 41 valence electrons. The molecule has 1 atom stereocenters. The van der Waals surface area contributed by atoms with Crippen LogP contribution in [0.3, 0.4) is 0 Å². The van der Waals surface area contributed by atoms with Crippen molar-refractivity contribution in [2.45, 2.75) is 13.0 Å². The molecular weight excluding hydrogens is 94.0 g/mol. The van der Waals surface area contributed by atoms with Gasteiger partial charge in [-0.25, -0.2) is 0 Å². The Morgan fingerprint density at radius 3 is 2.29 bits per heavy atom. The molecule has 3 nitrogen and oxygen atoms in total. The first-order valence-corrected chi connectivity index (χ1v) is 2.00. The molecule has 1 radical (unpaired) electrons. The summed E-state index contributed by atoms with van der Waals surface area (Å²) >= 11 is 0. The molecule has 0 spiro atoms. The third-order valence-electron chi connectivity index (χ3n) is 0.578. The predicted octanol–water partition coefficient (Wildman–Crippen LogP) is -0.872. The molecule has 1 amide bonds. The minimum Gasteiger partial charge on any atom is -0.383 e. The molecule has 0 aliphatic carbocycles. The third-order valence-corrected chi connectivity index (χ3v) is 0.578. The van der Waals surface area contributed by atoms with Gasteiger partial charge in [0.05, 0.1) is 0 Å². The number of likely N-dealkylation sites (N-methyl/N-ethyl adjacent to an activating group) is 1. The molecule has 0 saturated carbocycles. The maximum atomic E-state index is 10.1. The molecule has 0 heterocycles. The second kappa shape index (κ2) is 2.58. The Hall–Kier alpha value is -0.570. The number of carbonyl (C=O) groups excluding carboxylic acids is 1. The molecule has 0 aromatic carbocycles. The van der Waals surface area contributed by atoms with Crippen LogP contribution in [-0.2, 0) is 4.79 Å². The third kappa shape index (κ3) is 2.17. The van der Waals surface area contributed by atoms with Crippen LogP contribution in [0.15, 0.2) is 0 Å². The van der Waals surface area contributed by atoms with E-state index in [1.165, 1.54) is 14.0 Å². The summed E-state index contributed by atoms with van der Waals surface area (Å²) in [6.45, 7) is 1.38. The molecule has 0 fully saturated rings. The summed E-state index contributed by atoms with van der Waals surface area (Å²) in [5.41, 5.74) is 0. The Bertz CT molecular complexity index is 70.1. The van der Waals surface area contributed by atoms with Gasteiger partial charge in [0.15, 0.2) is 0 Å². The van der Waals surface area contributed by atoms with Gasteiger partial charge in [0.25, 0.3) is 5.91 Å². The van der Waals surface area contributed by atoms with Gasteiger partial charge in [-0.15, -0.1) is 0 Å². The van der Waals surface area contributed by atoms with E-state index in [1.807, 2.05) is 0 Å². The number of aliphatic hydroxyl groups is 1. The fourth-order valence-corrected chi connectivity index (χ4v) is 0.187. The number of carbonyl (C=O) groups is 1. The fourth-order valence-electron chi connectivity index (χ4n) is 0.187. The first-order chi connectivity index (χ1) is 3.18. The molecule has 7 heavy (non-hydrogen) atoms. The van der Waals surface area contributed by atoms with Crippen LogP contribution in [-0.4, -0.2) is 24.2 Å². The van der Waals surface area contributed by atoms with Crippen molar-refractivity contribution in [2.75, 3.05) is 7.05 Å². The Kier molecular flexibility index (Phi) is 2.37. The van der Waals surface area contributed by atoms with Gasteiger partial charge >= 0.3 is 0 Å². The lowest BCUT2D eigenvalue weighted by Gasteiger charge is -1.95. The van der Waals surface area contributed by atoms with Gasteiger partial charge in [0.2, 0.25) is 0 Å². The van der Waals surface area contributed by atoms with E-state index in [4.69, 9.17) is 5.11 Å². The molecular formula is C4H8NO2.